The summed E-state index contributed by atoms with van der Waals surface area (Å²) in [6, 6.07) is 7.60. The molecule has 0 spiro atoms. The molecule has 4 rings (SSSR count). The number of nitriles is 1. The Kier molecular flexibility index (Phi) is 6.04. The lowest BCUT2D eigenvalue weighted by molar-refractivity contribution is 0.193. The first-order valence-corrected chi connectivity index (χ1v) is 10.5. The van der Waals surface area contributed by atoms with Gasteiger partial charge in [-0.2, -0.15) is 15.5 Å². The number of nitrogens with one attached hydrogen (secondary N) is 1. The van der Waals surface area contributed by atoms with Crippen molar-refractivity contribution in [3.05, 3.63) is 61.2 Å². The maximum absolute atomic E-state index is 9.48. The Morgan fingerprint density at radius 1 is 1.12 bits per heavy atom. The Hall–Kier alpha value is -4.26. The van der Waals surface area contributed by atoms with Crippen molar-refractivity contribution in [3.63, 3.8) is 0 Å². The normalized spacial score (nSPS) is 12.2. The predicted octanol–water partition coefficient (Wildman–Crippen LogP) is 3.77. The molecule has 33 heavy (non-hydrogen) atoms. The average Bonchev–Trinajstić information content (AvgIpc) is 3.46. The van der Waals surface area contributed by atoms with Gasteiger partial charge in [-0.25, -0.2) is 19.6 Å². The minimum atomic E-state index is -0.203. The zero-order valence-corrected chi connectivity index (χ0v) is 19.0. The van der Waals surface area contributed by atoms with Gasteiger partial charge in [0.05, 0.1) is 29.5 Å². The summed E-state index contributed by atoms with van der Waals surface area (Å²) in [6.07, 6.45) is 10.0. The third-order valence-corrected chi connectivity index (χ3v) is 4.85. The van der Waals surface area contributed by atoms with Crippen molar-refractivity contribution < 1.29 is 4.74 Å². The monoisotopic (exact) mass is 443 g/mol. The minimum absolute atomic E-state index is 0.104. The highest BCUT2D eigenvalue weighted by Gasteiger charge is 2.15. The van der Waals surface area contributed by atoms with Crippen molar-refractivity contribution in [2.24, 2.45) is 0 Å². The highest BCUT2D eigenvalue weighted by Crippen LogP contribution is 2.28. The third-order valence-electron chi connectivity index (χ3n) is 4.85. The van der Waals surface area contributed by atoms with Crippen LogP contribution in [-0.4, -0.2) is 40.6 Å². The van der Waals surface area contributed by atoms with E-state index in [1.54, 1.807) is 35.7 Å². The lowest BCUT2D eigenvalue weighted by Crippen LogP contribution is -2.21. The molecule has 0 bridgehead atoms. The Bertz CT molecular complexity index is 1250. The van der Waals surface area contributed by atoms with E-state index < -0.39 is 0 Å². The summed E-state index contributed by atoms with van der Waals surface area (Å²) >= 11 is 0. The molecule has 0 saturated heterocycles. The second-order valence-corrected chi connectivity index (χ2v) is 8.63. The molecular weight excluding hydrogens is 418 g/mol. The maximum Gasteiger partial charge on any atom is 0.227 e. The van der Waals surface area contributed by atoms with Gasteiger partial charge in [0.2, 0.25) is 5.95 Å². The van der Waals surface area contributed by atoms with Gasteiger partial charge >= 0.3 is 0 Å². The average molecular weight is 444 g/mol. The van der Waals surface area contributed by atoms with E-state index in [9.17, 15) is 5.26 Å². The lowest BCUT2D eigenvalue weighted by atomic mass is 10.1. The SMILES string of the molecule is CC(Cn1cncn1)Oc1cc(-c2cnc(Nc3cnn(C(C)(C)C)c3)nc2)ccc1C#N. The van der Waals surface area contributed by atoms with Crippen molar-refractivity contribution in [3.8, 4) is 22.9 Å². The fraction of sp³-hybridized carbons (Fsp3) is 0.304. The molecule has 1 atom stereocenters. The summed E-state index contributed by atoms with van der Waals surface area (Å²) in [6.45, 7) is 8.69. The van der Waals surface area contributed by atoms with Gasteiger partial charge in [-0.05, 0) is 45.4 Å². The van der Waals surface area contributed by atoms with E-state index in [1.807, 2.05) is 29.9 Å². The fourth-order valence-electron chi connectivity index (χ4n) is 3.16. The molecule has 0 aliphatic carbocycles. The summed E-state index contributed by atoms with van der Waals surface area (Å²) in [4.78, 5) is 12.8. The van der Waals surface area contributed by atoms with E-state index in [0.29, 0.717) is 23.8 Å². The summed E-state index contributed by atoms with van der Waals surface area (Å²) < 4.78 is 9.60. The number of hydrogen-bond acceptors (Lipinski definition) is 8. The predicted molar refractivity (Wildman–Crippen MR) is 123 cm³/mol. The summed E-state index contributed by atoms with van der Waals surface area (Å²) in [7, 11) is 0. The zero-order chi connectivity index (χ0) is 23.4. The molecule has 0 saturated carbocycles. The van der Waals surface area contributed by atoms with E-state index in [1.165, 1.54) is 6.33 Å². The number of nitrogens with zero attached hydrogens (tertiary/aromatic N) is 8. The van der Waals surface area contributed by atoms with Gasteiger partial charge in [0.15, 0.2) is 0 Å². The molecule has 0 amide bonds. The minimum Gasteiger partial charge on any atom is -0.487 e. The fourth-order valence-corrected chi connectivity index (χ4v) is 3.16. The first kappa shape index (κ1) is 22.0. The summed E-state index contributed by atoms with van der Waals surface area (Å²) in [5, 5.41) is 21.1. The molecule has 0 aliphatic heterocycles. The summed E-state index contributed by atoms with van der Waals surface area (Å²) in [5.41, 5.74) is 2.83. The molecule has 4 aromatic rings. The van der Waals surface area contributed by atoms with Crippen molar-refractivity contribution >= 4 is 11.6 Å². The van der Waals surface area contributed by atoms with Crippen LogP contribution in [0.15, 0.2) is 55.6 Å². The number of hydrogen-bond donors (Lipinski definition) is 1. The number of benzene rings is 1. The number of aromatic nitrogens is 7. The second-order valence-electron chi connectivity index (χ2n) is 8.63. The standard InChI is InChI=1S/C23H25N9O/c1-16(12-31-15-25-14-29-31)33-21-7-17(5-6-18(21)8-24)19-9-26-22(27-10-19)30-20-11-28-32(13-20)23(2,3)4/h5-7,9-11,13-16H,12H2,1-4H3,(H,26,27,30). The number of rotatable bonds is 7. The second kappa shape index (κ2) is 9.08. The molecule has 3 heterocycles. The van der Waals surface area contributed by atoms with Gasteiger partial charge in [-0.3, -0.25) is 4.68 Å². The van der Waals surface area contributed by atoms with Crippen LogP contribution < -0.4 is 10.1 Å². The van der Waals surface area contributed by atoms with Crippen molar-refractivity contribution in [2.45, 2.75) is 45.9 Å². The van der Waals surface area contributed by atoms with Crippen LogP contribution in [0.4, 0.5) is 11.6 Å². The van der Waals surface area contributed by atoms with E-state index in [4.69, 9.17) is 4.74 Å². The zero-order valence-electron chi connectivity index (χ0n) is 19.0. The Morgan fingerprint density at radius 2 is 1.91 bits per heavy atom. The molecule has 1 unspecified atom stereocenters. The van der Waals surface area contributed by atoms with Crippen molar-refractivity contribution in [1.82, 2.24) is 34.5 Å². The smallest absolute Gasteiger partial charge is 0.227 e. The molecule has 1 N–H and O–H groups in total. The van der Waals surface area contributed by atoms with Gasteiger partial charge in [0.1, 0.15) is 30.6 Å². The lowest BCUT2D eigenvalue weighted by Gasteiger charge is -2.18. The van der Waals surface area contributed by atoms with Crippen LogP contribution in [0.1, 0.15) is 33.3 Å². The first-order valence-electron chi connectivity index (χ1n) is 10.5. The van der Waals surface area contributed by atoms with Crippen LogP contribution >= 0.6 is 0 Å². The Morgan fingerprint density at radius 3 is 2.55 bits per heavy atom. The largest absolute Gasteiger partial charge is 0.487 e. The Balaban J connectivity index is 1.48. The highest BCUT2D eigenvalue weighted by atomic mass is 16.5. The van der Waals surface area contributed by atoms with Crippen LogP contribution in [0.5, 0.6) is 5.75 Å². The first-order chi connectivity index (χ1) is 15.8. The third kappa shape index (κ3) is 5.33. The van der Waals surface area contributed by atoms with Crippen molar-refractivity contribution in [2.75, 3.05) is 5.32 Å². The van der Waals surface area contributed by atoms with Crippen LogP contribution in [0.3, 0.4) is 0 Å². The number of ether oxygens (including phenoxy) is 1. The van der Waals surface area contributed by atoms with E-state index >= 15 is 0 Å². The molecule has 168 valence electrons. The maximum atomic E-state index is 9.48. The molecule has 0 aliphatic rings. The van der Waals surface area contributed by atoms with E-state index in [-0.39, 0.29) is 11.6 Å². The van der Waals surface area contributed by atoms with E-state index in [0.717, 1.165) is 16.8 Å². The Labute approximate surface area is 191 Å². The quantitative estimate of drug-likeness (QED) is 0.458. The highest BCUT2D eigenvalue weighted by molar-refractivity contribution is 5.66. The molecule has 0 fully saturated rings. The van der Waals surface area contributed by atoms with Crippen LogP contribution in [0.2, 0.25) is 0 Å². The van der Waals surface area contributed by atoms with Crippen molar-refractivity contribution in [1.29, 1.82) is 5.26 Å². The van der Waals surface area contributed by atoms with Gasteiger partial charge in [0, 0.05) is 24.2 Å². The molecule has 3 aromatic heterocycles. The molecule has 0 radical (unpaired) electrons. The number of anilines is 2. The topological polar surface area (TPSA) is 119 Å². The molecule has 1 aromatic carbocycles. The van der Waals surface area contributed by atoms with Crippen LogP contribution in [-0.2, 0) is 12.1 Å². The van der Waals surface area contributed by atoms with Gasteiger partial charge in [-0.1, -0.05) is 6.07 Å². The van der Waals surface area contributed by atoms with Gasteiger partial charge in [0.25, 0.3) is 0 Å². The van der Waals surface area contributed by atoms with Gasteiger partial charge in [-0.15, -0.1) is 0 Å². The molecule has 10 heteroatoms. The summed E-state index contributed by atoms with van der Waals surface area (Å²) in [5.74, 6) is 0.971. The molecule has 10 nitrogen and oxygen atoms in total. The van der Waals surface area contributed by atoms with Gasteiger partial charge < -0.3 is 10.1 Å². The van der Waals surface area contributed by atoms with E-state index in [2.05, 4.69) is 57.3 Å². The van der Waals surface area contributed by atoms with Crippen LogP contribution in [0.25, 0.3) is 11.1 Å². The molecular formula is C23H25N9O. The van der Waals surface area contributed by atoms with Crippen LogP contribution in [0, 0.1) is 11.3 Å².